The Kier molecular flexibility index (Phi) is 179. The quantitative estimate of drug-likeness (QED) is 0.237. The van der Waals surface area contributed by atoms with Crippen LogP contribution < -0.4 is 29.6 Å². The van der Waals surface area contributed by atoms with Crippen molar-refractivity contribution in [2.24, 2.45) is 0 Å². The third kappa shape index (κ3) is 821. The van der Waals surface area contributed by atoms with Crippen LogP contribution in [-0.4, -0.2) is 44.9 Å². The van der Waals surface area contributed by atoms with Crippen LogP contribution in [0.5, 0.6) is 0 Å². The van der Waals surface area contributed by atoms with Gasteiger partial charge in [0.1, 0.15) is 0 Å². The van der Waals surface area contributed by atoms with Crippen LogP contribution in [0.4, 0.5) is 0 Å². The van der Waals surface area contributed by atoms with E-state index in [1.807, 2.05) is 0 Å². The molecule has 9 nitrogen and oxygen atoms in total. The fourth-order valence-corrected chi connectivity index (χ4v) is 0. The molecule has 0 atom stereocenters. The Morgan fingerprint density at radius 3 is 0.833 bits per heavy atom. The first-order valence-electron chi connectivity index (χ1n) is 0.667. The van der Waals surface area contributed by atoms with Crippen LogP contribution in [0, 0.1) is 0 Å². The van der Waals surface area contributed by atoms with Crippen molar-refractivity contribution in [3.8, 4) is 0 Å². The van der Waals surface area contributed by atoms with Gasteiger partial charge in [0.05, 0.1) is 0 Å². The Morgan fingerprint density at radius 1 is 0.833 bits per heavy atom. The van der Waals surface area contributed by atoms with Crippen molar-refractivity contribution in [3.05, 3.63) is 0 Å². The molecule has 0 fully saturated rings. The van der Waals surface area contributed by atoms with Crippen molar-refractivity contribution in [2.75, 3.05) is 0 Å². The van der Waals surface area contributed by atoms with Gasteiger partial charge in [0.15, 0.2) is 0 Å². The molecule has 0 rings (SSSR count). The van der Waals surface area contributed by atoms with Crippen LogP contribution in [-0.2, 0) is 27.5 Å². The predicted molar refractivity (Wildman–Crippen MR) is 29.7 cm³/mol. The van der Waals surface area contributed by atoms with Crippen LogP contribution in [0.1, 0.15) is 1.43 Å². The molecule has 0 spiro atoms. The van der Waals surface area contributed by atoms with Crippen LogP contribution in [0.3, 0.4) is 0 Å². The van der Waals surface area contributed by atoms with Gasteiger partial charge in [-0.1, -0.05) is 0 Å². The molecule has 0 aliphatic heterocycles. The first-order valence-corrected chi connectivity index (χ1v) is 2.00. The maximum absolute atomic E-state index is 8.52. The summed E-state index contributed by atoms with van der Waals surface area (Å²) in [5, 5.41) is 0. The van der Waals surface area contributed by atoms with Crippen molar-refractivity contribution < 1.29 is 93.0 Å². The Balaban J connectivity index is -0.00000000286. The number of rotatable bonds is 0. The van der Waals surface area contributed by atoms with Gasteiger partial charge in [0.25, 0.3) is 0 Å². The molecular formula is H11CuNaO9S. The van der Waals surface area contributed by atoms with Crippen LogP contribution in [0.2, 0.25) is 0 Å². The molecule has 0 saturated heterocycles. The van der Waals surface area contributed by atoms with Crippen LogP contribution in [0.15, 0.2) is 0 Å². The summed E-state index contributed by atoms with van der Waals surface area (Å²) in [5.74, 6) is 0. The van der Waals surface area contributed by atoms with Gasteiger partial charge in [-0.3, -0.25) is 8.42 Å². The molecular weight excluding hydrogens is 263 g/mol. The molecule has 0 aromatic heterocycles. The van der Waals surface area contributed by atoms with Gasteiger partial charge >= 0.3 is 46.6 Å². The molecule has 12 heteroatoms. The summed E-state index contributed by atoms with van der Waals surface area (Å²) in [4.78, 5) is 0. The molecule has 0 aliphatic rings. The fourth-order valence-electron chi connectivity index (χ4n) is 0. The van der Waals surface area contributed by atoms with Gasteiger partial charge in [-0.2, -0.15) is 0 Å². The largest absolute Gasteiger partial charge is 2.00 e. The minimum atomic E-state index is -5.17. The summed E-state index contributed by atoms with van der Waals surface area (Å²) in [6, 6.07) is 0. The molecule has 1 radical (unpaired) electrons. The minimum Gasteiger partial charge on any atom is -1.00 e. The maximum atomic E-state index is 8.52. The van der Waals surface area contributed by atoms with Crippen molar-refractivity contribution >= 4 is 10.4 Å². The van der Waals surface area contributed by atoms with E-state index in [1.54, 1.807) is 0 Å². The zero-order valence-electron chi connectivity index (χ0n) is 6.84. The number of hydrogen-bond acceptors (Lipinski definition) is 4. The smallest absolute Gasteiger partial charge is 1.00 e. The number of hydrogen-bond donors (Lipinski definition) is 0. The van der Waals surface area contributed by atoms with Gasteiger partial charge in [-0.25, -0.2) is 0 Å². The first kappa shape index (κ1) is 72.8. The molecule has 0 aromatic rings. The van der Waals surface area contributed by atoms with E-state index in [9.17, 15) is 0 Å². The normalized spacial score (nSPS) is 4.83. The third-order valence-corrected chi connectivity index (χ3v) is 0. The van der Waals surface area contributed by atoms with E-state index in [0.29, 0.717) is 0 Å². The summed E-state index contributed by atoms with van der Waals surface area (Å²) in [6.07, 6.45) is 0. The molecule has 10 N–H and O–H groups in total. The molecule has 0 aliphatic carbocycles. The second kappa shape index (κ2) is 29.5. The molecule has 0 aromatic carbocycles. The van der Waals surface area contributed by atoms with Crippen LogP contribution >= 0.6 is 0 Å². The first-order chi connectivity index (χ1) is 2.00. The van der Waals surface area contributed by atoms with E-state index in [1.165, 1.54) is 0 Å². The van der Waals surface area contributed by atoms with Crippen molar-refractivity contribution in [2.45, 2.75) is 0 Å². The van der Waals surface area contributed by atoms with Gasteiger partial charge in [0, 0.05) is 10.4 Å². The Bertz CT molecular complexity index is 103. The zero-order valence-corrected chi connectivity index (χ0v) is 9.60. The molecule has 0 saturated carbocycles. The fraction of sp³-hybridized carbons (Fsp3) is 0. The van der Waals surface area contributed by atoms with E-state index >= 15 is 0 Å². The summed E-state index contributed by atoms with van der Waals surface area (Å²) >= 11 is 0. The zero-order chi connectivity index (χ0) is 4.50. The average molecular weight is 274 g/mol. The second-order valence-corrected chi connectivity index (χ2v) is 1.22. The van der Waals surface area contributed by atoms with E-state index in [-0.39, 0.29) is 75.4 Å². The summed E-state index contributed by atoms with van der Waals surface area (Å²) in [5.41, 5.74) is 0. The van der Waals surface area contributed by atoms with Gasteiger partial charge < -0.3 is 37.9 Å². The Hall–Kier alpha value is 1.19. The molecule has 0 heterocycles. The van der Waals surface area contributed by atoms with E-state index in [0.717, 1.165) is 0 Å². The Morgan fingerprint density at radius 2 is 0.833 bits per heavy atom. The monoisotopic (exact) mass is 273 g/mol. The van der Waals surface area contributed by atoms with E-state index in [4.69, 9.17) is 17.5 Å². The maximum Gasteiger partial charge on any atom is 2.00 e. The summed E-state index contributed by atoms with van der Waals surface area (Å²) in [6.45, 7) is 0. The standard InChI is InChI=1S/Cu.Na.H2O4S.5H2O.H/c;;1-5(2,3)4;;;;;;/h;;(H2,1,2,3,4);5*1H2;/q+2;+1;;;;;;;-1/p-2. The molecule has 0 amide bonds. The minimum absolute atomic E-state index is 0. The van der Waals surface area contributed by atoms with Crippen LogP contribution in [0.25, 0.3) is 0 Å². The van der Waals surface area contributed by atoms with Gasteiger partial charge in [-0.15, -0.1) is 0 Å². The predicted octanol–water partition coefficient (Wildman–Crippen LogP) is -8.35. The van der Waals surface area contributed by atoms with Gasteiger partial charge in [-0.05, 0) is 0 Å². The molecule has 83 valence electrons. The molecule has 12 heavy (non-hydrogen) atoms. The van der Waals surface area contributed by atoms with Gasteiger partial charge in [0.2, 0.25) is 0 Å². The summed E-state index contributed by atoms with van der Waals surface area (Å²) < 4.78 is 34.1. The molecule has 0 unspecified atom stereocenters. The topological polar surface area (TPSA) is 238 Å². The molecule has 0 bridgehead atoms. The SMILES string of the molecule is O.O.O.O.O.O=S(=O)([O-])[O-].[Cu+2].[H-].[Na+]. The van der Waals surface area contributed by atoms with Crippen molar-refractivity contribution in [1.82, 2.24) is 0 Å². The van der Waals surface area contributed by atoms with E-state index < -0.39 is 10.4 Å². The van der Waals surface area contributed by atoms with E-state index in [2.05, 4.69) is 0 Å². The second-order valence-electron chi connectivity index (χ2n) is 0.408. The van der Waals surface area contributed by atoms with Crippen molar-refractivity contribution in [1.29, 1.82) is 0 Å². The van der Waals surface area contributed by atoms with Crippen molar-refractivity contribution in [3.63, 3.8) is 0 Å². The average Bonchev–Trinajstić information content (AvgIpc) is 0.722. The Labute approximate surface area is 103 Å². The summed E-state index contributed by atoms with van der Waals surface area (Å²) in [7, 11) is -5.17. The third-order valence-electron chi connectivity index (χ3n) is 0.